The maximum Gasteiger partial charge on any atom is 0.243 e. The van der Waals surface area contributed by atoms with Crippen LogP contribution in [-0.2, 0) is 14.8 Å². The summed E-state index contributed by atoms with van der Waals surface area (Å²) in [6, 6.07) is 14.0. The van der Waals surface area contributed by atoms with Crippen LogP contribution in [0.25, 0.3) is 0 Å². The highest BCUT2D eigenvalue weighted by atomic mass is 79.9. The highest BCUT2D eigenvalue weighted by Gasteiger charge is 2.25. The van der Waals surface area contributed by atoms with Crippen LogP contribution in [0.3, 0.4) is 0 Å². The summed E-state index contributed by atoms with van der Waals surface area (Å²) < 4.78 is 27.6. The number of rotatable bonds is 7. The standard InChI is InChI=1S/C19H23BrN2O3S/c1-4-22(26(24,25)18-11-5-14(2)6-12-18)13-19(23)21-15(3)16-7-9-17(20)10-8-16/h5-12,15H,4,13H2,1-3H3,(H,21,23)/t15-/m0/s1. The van der Waals surface area contributed by atoms with Gasteiger partial charge in [-0.3, -0.25) is 4.79 Å². The summed E-state index contributed by atoms with van der Waals surface area (Å²) in [6.07, 6.45) is 0. The minimum absolute atomic E-state index is 0.193. The molecule has 2 rings (SSSR count). The number of carbonyl (C=O) groups excluding carboxylic acids is 1. The Hall–Kier alpha value is -1.70. The molecule has 0 saturated carbocycles. The van der Waals surface area contributed by atoms with Crippen LogP contribution in [0.5, 0.6) is 0 Å². The van der Waals surface area contributed by atoms with Crippen molar-refractivity contribution in [2.75, 3.05) is 13.1 Å². The largest absolute Gasteiger partial charge is 0.348 e. The summed E-state index contributed by atoms with van der Waals surface area (Å²) in [6.45, 7) is 5.48. The molecular weight excluding hydrogens is 416 g/mol. The van der Waals surface area contributed by atoms with E-state index in [2.05, 4.69) is 21.2 Å². The van der Waals surface area contributed by atoms with E-state index in [1.807, 2.05) is 38.1 Å². The second-order valence-corrected chi connectivity index (χ2v) is 8.94. The van der Waals surface area contributed by atoms with Gasteiger partial charge in [-0.2, -0.15) is 4.31 Å². The number of halogens is 1. The first kappa shape index (κ1) is 20.6. The number of likely N-dealkylation sites (N-methyl/N-ethyl adjacent to an activating group) is 1. The van der Waals surface area contributed by atoms with Gasteiger partial charge in [0, 0.05) is 11.0 Å². The molecule has 2 aromatic carbocycles. The zero-order valence-corrected chi connectivity index (χ0v) is 17.5. The third kappa shape index (κ3) is 5.16. The van der Waals surface area contributed by atoms with Crippen molar-refractivity contribution in [3.8, 4) is 0 Å². The molecule has 0 spiro atoms. The lowest BCUT2D eigenvalue weighted by molar-refractivity contribution is -0.121. The molecule has 0 unspecified atom stereocenters. The van der Waals surface area contributed by atoms with E-state index < -0.39 is 10.0 Å². The molecule has 0 aliphatic rings. The molecule has 1 atom stereocenters. The van der Waals surface area contributed by atoms with Gasteiger partial charge in [0.1, 0.15) is 0 Å². The van der Waals surface area contributed by atoms with Gasteiger partial charge < -0.3 is 5.32 Å². The van der Waals surface area contributed by atoms with Gasteiger partial charge in [0.2, 0.25) is 15.9 Å². The Balaban J connectivity index is 2.07. The minimum Gasteiger partial charge on any atom is -0.348 e. The number of amides is 1. The summed E-state index contributed by atoms with van der Waals surface area (Å²) in [5.41, 5.74) is 1.93. The second-order valence-electron chi connectivity index (χ2n) is 6.09. The smallest absolute Gasteiger partial charge is 0.243 e. The Bertz CT molecular complexity index is 849. The van der Waals surface area contributed by atoms with E-state index >= 15 is 0 Å². The third-order valence-corrected chi connectivity index (χ3v) is 6.54. The number of nitrogens with one attached hydrogen (secondary N) is 1. The van der Waals surface area contributed by atoms with Crippen LogP contribution >= 0.6 is 15.9 Å². The van der Waals surface area contributed by atoms with E-state index in [-0.39, 0.29) is 29.9 Å². The van der Waals surface area contributed by atoms with Crippen LogP contribution < -0.4 is 5.32 Å². The fourth-order valence-corrected chi connectivity index (χ4v) is 4.18. The maximum absolute atomic E-state index is 12.7. The van der Waals surface area contributed by atoms with Gasteiger partial charge in [0.15, 0.2) is 0 Å². The number of hydrogen-bond donors (Lipinski definition) is 1. The molecule has 0 aliphatic carbocycles. The van der Waals surface area contributed by atoms with Crippen LogP contribution in [0.15, 0.2) is 57.9 Å². The van der Waals surface area contributed by atoms with Crippen LogP contribution in [0.4, 0.5) is 0 Å². The predicted molar refractivity (Wildman–Crippen MR) is 106 cm³/mol. The van der Waals surface area contributed by atoms with Crippen molar-refractivity contribution in [2.24, 2.45) is 0 Å². The molecule has 1 N–H and O–H groups in total. The first-order valence-electron chi connectivity index (χ1n) is 8.35. The van der Waals surface area contributed by atoms with Crippen molar-refractivity contribution < 1.29 is 13.2 Å². The van der Waals surface area contributed by atoms with Gasteiger partial charge in [0.05, 0.1) is 17.5 Å². The summed E-state index contributed by atoms with van der Waals surface area (Å²) in [7, 11) is -3.70. The minimum atomic E-state index is -3.70. The summed E-state index contributed by atoms with van der Waals surface area (Å²) in [5.74, 6) is -0.335. The van der Waals surface area contributed by atoms with Gasteiger partial charge in [-0.1, -0.05) is 52.7 Å². The lowest BCUT2D eigenvalue weighted by atomic mass is 10.1. The van der Waals surface area contributed by atoms with Gasteiger partial charge >= 0.3 is 0 Å². The first-order valence-corrected chi connectivity index (χ1v) is 10.6. The SMILES string of the molecule is CCN(CC(=O)N[C@@H](C)c1ccc(Br)cc1)S(=O)(=O)c1ccc(C)cc1. The van der Waals surface area contributed by atoms with Crippen LogP contribution in [0.2, 0.25) is 0 Å². The Labute approximate surface area is 163 Å². The van der Waals surface area contributed by atoms with Crippen LogP contribution in [-0.4, -0.2) is 31.7 Å². The fraction of sp³-hybridized carbons (Fsp3) is 0.316. The molecule has 0 aliphatic heterocycles. The molecule has 140 valence electrons. The Morgan fingerprint density at radius 3 is 2.23 bits per heavy atom. The van der Waals surface area contributed by atoms with Crippen LogP contribution in [0, 0.1) is 6.92 Å². The number of sulfonamides is 1. The number of carbonyl (C=O) groups is 1. The van der Waals surface area contributed by atoms with Gasteiger partial charge in [-0.25, -0.2) is 8.42 Å². The number of aryl methyl sites for hydroxylation is 1. The second kappa shape index (κ2) is 8.79. The zero-order valence-electron chi connectivity index (χ0n) is 15.1. The van der Waals surface area contributed by atoms with Crippen molar-refractivity contribution in [1.82, 2.24) is 9.62 Å². The van der Waals surface area contributed by atoms with Crippen molar-refractivity contribution in [1.29, 1.82) is 0 Å². The van der Waals surface area contributed by atoms with Gasteiger partial charge in [-0.15, -0.1) is 0 Å². The Morgan fingerprint density at radius 1 is 1.12 bits per heavy atom. The molecule has 0 bridgehead atoms. The highest BCUT2D eigenvalue weighted by molar-refractivity contribution is 9.10. The highest BCUT2D eigenvalue weighted by Crippen LogP contribution is 2.18. The summed E-state index contributed by atoms with van der Waals surface area (Å²) in [4.78, 5) is 12.6. The van der Waals surface area contributed by atoms with E-state index in [9.17, 15) is 13.2 Å². The zero-order chi connectivity index (χ0) is 19.3. The van der Waals surface area contributed by atoms with Gasteiger partial charge in [-0.05, 0) is 43.7 Å². The van der Waals surface area contributed by atoms with Crippen molar-refractivity contribution >= 4 is 31.9 Å². The average molecular weight is 439 g/mol. The monoisotopic (exact) mass is 438 g/mol. The molecule has 2 aromatic rings. The van der Waals surface area contributed by atoms with E-state index in [0.29, 0.717) is 0 Å². The normalized spacial score (nSPS) is 12.8. The van der Waals surface area contributed by atoms with E-state index in [1.165, 1.54) is 4.31 Å². The molecule has 0 saturated heterocycles. The van der Waals surface area contributed by atoms with E-state index in [0.717, 1.165) is 15.6 Å². The molecule has 26 heavy (non-hydrogen) atoms. The Kier molecular flexibility index (Phi) is 6.97. The molecular formula is C19H23BrN2O3S. The number of nitrogens with zero attached hydrogens (tertiary/aromatic N) is 1. The predicted octanol–water partition coefficient (Wildman–Crippen LogP) is 3.65. The van der Waals surface area contributed by atoms with Crippen LogP contribution in [0.1, 0.15) is 31.0 Å². The number of benzene rings is 2. The average Bonchev–Trinajstić information content (AvgIpc) is 2.60. The molecule has 1 amide bonds. The van der Waals surface area contributed by atoms with Gasteiger partial charge in [0.25, 0.3) is 0 Å². The Morgan fingerprint density at radius 2 is 1.69 bits per heavy atom. The summed E-state index contributed by atoms with van der Waals surface area (Å²) >= 11 is 3.38. The van der Waals surface area contributed by atoms with Crippen molar-refractivity contribution in [2.45, 2.75) is 31.7 Å². The molecule has 5 nitrogen and oxygen atoms in total. The molecule has 0 aromatic heterocycles. The van der Waals surface area contributed by atoms with Crippen molar-refractivity contribution in [3.05, 3.63) is 64.1 Å². The molecule has 0 heterocycles. The molecule has 0 radical (unpaired) electrons. The topological polar surface area (TPSA) is 66.5 Å². The molecule has 7 heteroatoms. The quantitative estimate of drug-likeness (QED) is 0.717. The summed E-state index contributed by atoms with van der Waals surface area (Å²) in [5, 5.41) is 2.85. The lowest BCUT2D eigenvalue weighted by Crippen LogP contribution is -2.41. The fourth-order valence-electron chi connectivity index (χ4n) is 2.51. The first-order chi connectivity index (χ1) is 12.2. The van der Waals surface area contributed by atoms with E-state index in [4.69, 9.17) is 0 Å². The third-order valence-electron chi connectivity index (χ3n) is 4.08. The maximum atomic E-state index is 12.7. The lowest BCUT2D eigenvalue weighted by Gasteiger charge is -2.22. The number of hydrogen-bond acceptors (Lipinski definition) is 3. The van der Waals surface area contributed by atoms with E-state index in [1.54, 1.807) is 31.2 Å². The molecule has 0 fully saturated rings. The van der Waals surface area contributed by atoms with Crippen molar-refractivity contribution in [3.63, 3.8) is 0 Å².